The summed E-state index contributed by atoms with van der Waals surface area (Å²) >= 11 is 0. The Morgan fingerprint density at radius 3 is 2.29 bits per heavy atom. The third-order valence-electron chi connectivity index (χ3n) is 8.87. The van der Waals surface area contributed by atoms with Gasteiger partial charge in [0.1, 0.15) is 11.9 Å². The number of fused-ring (bicyclic) bond motifs is 5. The van der Waals surface area contributed by atoms with Gasteiger partial charge in [-0.05, 0) is 75.2 Å². The van der Waals surface area contributed by atoms with Crippen LogP contribution in [0.25, 0.3) is 0 Å². The number of ether oxygens (including phenoxy) is 2. The van der Waals surface area contributed by atoms with Crippen molar-refractivity contribution in [2.45, 2.75) is 77.8 Å². The van der Waals surface area contributed by atoms with E-state index < -0.39 is 35.8 Å². The molecule has 0 aromatic rings. The molecule has 4 rings (SSSR count). The number of carbonyl (C=O) groups excluding carboxylic acids is 2. The lowest BCUT2D eigenvalue weighted by Crippen LogP contribution is -2.51. The molecule has 0 aliphatic heterocycles. The van der Waals surface area contributed by atoms with Crippen molar-refractivity contribution in [3.63, 3.8) is 0 Å². The largest absolute Gasteiger partial charge is 0.491 e. The van der Waals surface area contributed by atoms with E-state index in [-0.39, 0.29) is 29.4 Å². The lowest BCUT2D eigenvalue weighted by molar-refractivity contribution is -0.204. The minimum atomic E-state index is -5.29. The Labute approximate surface area is 199 Å². The predicted octanol–water partition coefficient (Wildman–Crippen LogP) is 6.58. The highest BCUT2D eigenvalue weighted by Crippen LogP contribution is 2.66. The minimum Gasteiger partial charge on any atom is -0.451 e. The second-order valence-electron chi connectivity index (χ2n) is 10.4. The van der Waals surface area contributed by atoms with Crippen molar-refractivity contribution in [2.24, 2.45) is 28.6 Å². The van der Waals surface area contributed by atoms with Crippen LogP contribution >= 0.6 is 0 Å². The first-order valence-electron chi connectivity index (χ1n) is 11.8. The normalized spacial score (nSPS) is 38.0. The molecule has 4 nitrogen and oxygen atoms in total. The standard InChI is InChI=1S/C25H28F6O4/c1-4-13-6-8-17-16-7-5-14-11-15(34-20(32)24(26,27)28)12-19(35-21(33)25(29,30)31)23(14,3)18(16)9-10-22(13,17)2/h4-5,12,15-18H,6-11H2,1-3H3/b13-4-/t15-,16+,17+,18+,22-,23+/m1/s1. The lowest BCUT2D eigenvalue weighted by atomic mass is 9.48. The maximum atomic E-state index is 13.1. The van der Waals surface area contributed by atoms with Gasteiger partial charge in [-0.2, -0.15) is 26.3 Å². The van der Waals surface area contributed by atoms with Gasteiger partial charge in [0.25, 0.3) is 0 Å². The fraction of sp³-hybridized carbons (Fsp3) is 0.680. The van der Waals surface area contributed by atoms with E-state index in [1.54, 1.807) is 6.92 Å². The molecule has 0 amide bonds. The van der Waals surface area contributed by atoms with Crippen LogP contribution in [0.5, 0.6) is 0 Å². The minimum absolute atomic E-state index is 0.0103. The van der Waals surface area contributed by atoms with E-state index >= 15 is 0 Å². The van der Waals surface area contributed by atoms with Crippen molar-refractivity contribution in [1.82, 2.24) is 0 Å². The van der Waals surface area contributed by atoms with E-state index in [2.05, 4.69) is 17.7 Å². The number of carbonyl (C=O) groups is 2. The number of esters is 2. The molecule has 0 aromatic heterocycles. The number of allylic oxidation sites excluding steroid dienone is 4. The summed E-state index contributed by atoms with van der Waals surface area (Å²) in [6, 6.07) is 0. The van der Waals surface area contributed by atoms with Crippen LogP contribution in [-0.2, 0) is 19.1 Å². The van der Waals surface area contributed by atoms with Crippen LogP contribution in [0.4, 0.5) is 26.3 Å². The summed E-state index contributed by atoms with van der Waals surface area (Å²) in [6.45, 7) is 5.93. The molecule has 0 bridgehead atoms. The third kappa shape index (κ3) is 4.20. The second-order valence-corrected chi connectivity index (χ2v) is 10.4. The molecule has 0 N–H and O–H groups in total. The highest BCUT2D eigenvalue weighted by molar-refractivity contribution is 5.77. The van der Waals surface area contributed by atoms with Crippen molar-refractivity contribution in [3.05, 3.63) is 35.1 Å². The Kier molecular flexibility index (Phi) is 6.20. The molecule has 194 valence electrons. The Morgan fingerprint density at radius 1 is 1.03 bits per heavy atom. The summed E-state index contributed by atoms with van der Waals surface area (Å²) in [5, 5.41) is 0. The monoisotopic (exact) mass is 506 g/mol. The average Bonchev–Trinajstić information content (AvgIpc) is 3.09. The fourth-order valence-electron chi connectivity index (χ4n) is 7.22. The van der Waals surface area contributed by atoms with E-state index in [1.807, 2.05) is 13.0 Å². The summed E-state index contributed by atoms with van der Waals surface area (Å²) in [4.78, 5) is 23.2. The van der Waals surface area contributed by atoms with Crippen molar-refractivity contribution >= 4 is 11.9 Å². The Balaban J connectivity index is 1.72. The number of hydrogen-bond donors (Lipinski definition) is 0. The third-order valence-corrected chi connectivity index (χ3v) is 8.87. The van der Waals surface area contributed by atoms with Gasteiger partial charge in [-0.1, -0.05) is 30.2 Å². The molecular weight excluding hydrogens is 478 g/mol. The molecule has 6 atom stereocenters. The van der Waals surface area contributed by atoms with E-state index in [0.29, 0.717) is 24.3 Å². The number of rotatable bonds is 2. The molecule has 35 heavy (non-hydrogen) atoms. The number of hydrogen-bond acceptors (Lipinski definition) is 4. The van der Waals surface area contributed by atoms with E-state index in [9.17, 15) is 35.9 Å². The van der Waals surface area contributed by atoms with E-state index in [4.69, 9.17) is 4.74 Å². The summed E-state index contributed by atoms with van der Waals surface area (Å²) in [6.07, 6.45) is -3.22. The Hall–Kier alpha value is -2.26. The van der Waals surface area contributed by atoms with Crippen LogP contribution in [0.15, 0.2) is 35.1 Å². The van der Waals surface area contributed by atoms with Gasteiger partial charge in [-0.3, -0.25) is 0 Å². The summed E-state index contributed by atoms with van der Waals surface area (Å²) in [5.74, 6) is -5.05. The topological polar surface area (TPSA) is 52.6 Å². The van der Waals surface area contributed by atoms with Crippen molar-refractivity contribution in [1.29, 1.82) is 0 Å². The highest BCUT2D eigenvalue weighted by Gasteiger charge is 2.60. The van der Waals surface area contributed by atoms with Crippen LogP contribution in [0.1, 0.15) is 59.3 Å². The summed E-state index contributed by atoms with van der Waals surface area (Å²) in [5.41, 5.74) is 0.788. The Morgan fingerprint density at radius 2 is 1.69 bits per heavy atom. The maximum absolute atomic E-state index is 13.1. The van der Waals surface area contributed by atoms with Gasteiger partial charge < -0.3 is 9.47 Å². The molecule has 2 fully saturated rings. The zero-order valence-electron chi connectivity index (χ0n) is 19.7. The number of halogens is 6. The second kappa shape index (κ2) is 8.40. The molecule has 0 unspecified atom stereocenters. The molecule has 4 aliphatic carbocycles. The molecule has 10 heteroatoms. The first-order valence-corrected chi connectivity index (χ1v) is 11.8. The molecule has 4 aliphatic rings. The summed E-state index contributed by atoms with van der Waals surface area (Å²) in [7, 11) is 0. The van der Waals surface area contributed by atoms with Crippen LogP contribution in [-0.4, -0.2) is 30.4 Å². The van der Waals surface area contributed by atoms with Gasteiger partial charge in [0.05, 0.1) is 0 Å². The van der Waals surface area contributed by atoms with Crippen LogP contribution < -0.4 is 0 Å². The van der Waals surface area contributed by atoms with Gasteiger partial charge in [-0.25, -0.2) is 9.59 Å². The van der Waals surface area contributed by atoms with Crippen molar-refractivity contribution < 1.29 is 45.4 Å². The smallest absolute Gasteiger partial charge is 0.451 e. The molecular formula is C25H28F6O4. The predicted molar refractivity (Wildman–Crippen MR) is 112 cm³/mol. The molecule has 0 aromatic carbocycles. The van der Waals surface area contributed by atoms with Gasteiger partial charge in [0, 0.05) is 11.8 Å². The van der Waals surface area contributed by atoms with Crippen LogP contribution in [0.2, 0.25) is 0 Å². The molecule has 0 heterocycles. The van der Waals surface area contributed by atoms with Gasteiger partial charge in [0.15, 0.2) is 0 Å². The van der Waals surface area contributed by atoms with Gasteiger partial charge in [0.2, 0.25) is 0 Å². The maximum Gasteiger partial charge on any atom is 0.491 e. The van der Waals surface area contributed by atoms with Crippen molar-refractivity contribution in [3.8, 4) is 0 Å². The number of alkyl halides is 6. The first-order chi connectivity index (χ1) is 16.1. The molecule has 0 spiro atoms. The zero-order chi connectivity index (χ0) is 26.0. The van der Waals surface area contributed by atoms with Gasteiger partial charge in [-0.15, -0.1) is 0 Å². The van der Waals surface area contributed by atoms with Gasteiger partial charge >= 0.3 is 24.3 Å². The van der Waals surface area contributed by atoms with E-state index in [0.717, 1.165) is 25.3 Å². The molecule has 0 radical (unpaired) electrons. The Bertz CT molecular complexity index is 1010. The highest BCUT2D eigenvalue weighted by atomic mass is 19.4. The lowest BCUT2D eigenvalue weighted by Gasteiger charge is -2.56. The van der Waals surface area contributed by atoms with E-state index in [1.165, 1.54) is 5.57 Å². The fourth-order valence-corrected chi connectivity index (χ4v) is 7.22. The van der Waals surface area contributed by atoms with Crippen molar-refractivity contribution in [2.75, 3.05) is 0 Å². The van der Waals surface area contributed by atoms with Crippen LogP contribution in [0.3, 0.4) is 0 Å². The molecule has 2 saturated carbocycles. The average molecular weight is 506 g/mol. The summed E-state index contributed by atoms with van der Waals surface area (Å²) < 4.78 is 87.0. The molecule has 0 saturated heterocycles. The SMILES string of the molecule is C/C=C1/CC[C@H]2[C@@H]3CC=C4C[C@@H](OC(=O)C(F)(F)F)C=C(OC(=O)C(F)(F)F)[C@]4(C)[C@H]3CC[C@]12C. The van der Waals surface area contributed by atoms with Crippen LogP contribution in [0, 0.1) is 28.6 Å². The first kappa shape index (κ1) is 25.8. The quantitative estimate of drug-likeness (QED) is 0.241. The zero-order valence-corrected chi connectivity index (χ0v) is 19.7.